The molecule has 0 spiro atoms. The van der Waals surface area contributed by atoms with E-state index in [1.807, 2.05) is 18.2 Å². The molecule has 0 unspecified atom stereocenters. The van der Waals surface area contributed by atoms with E-state index in [1.165, 1.54) is 13.1 Å². The molecule has 140 valence electrons. The number of thiocarbonyl (C=S) groups is 1. The van der Waals surface area contributed by atoms with E-state index >= 15 is 0 Å². The lowest BCUT2D eigenvalue weighted by molar-refractivity contribution is 0.214. The first-order chi connectivity index (χ1) is 12.1. The fraction of sp³-hybridized carbons (Fsp3) is 0.444. The van der Waals surface area contributed by atoms with Crippen LogP contribution < -0.4 is 16.7 Å². The van der Waals surface area contributed by atoms with Crippen LogP contribution in [0, 0.1) is 0 Å². The van der Waals surface area contributed by atoms with Crippen LogP contribution in [0.1, 0.15) is 13.8 Å². The monoisotopic (exact) mass is 367 g/mol. The normalized spacial score (nSPS) is 9.52. The molecule has 0 atom stereocenters. The molecule has 0 aliphatic rings. The van der Waals surface area contributed by atoms with Crippen LogP contribution in [-0.2, 0) is 4.74 Å². The summed E-state index contributed by atoms with van der Waals surface area (Å²) in [4.78, 5) is 13.0. The Morgan fingerprint density at radius 2 is 1.84 bits per heavy atom. The van der Waals surface area contributed by atoms with Gasteiger partial charge in [0.2, 0.25) is 0 Å². The molecule has 7 heteroatoms. The summed E-state index contributed by atoms with van der Waals surface area (Å²) in [5.41, 5.74) is 4.84. The van der Waals surface area contributed by atoms with Crippen molar-refractivity contribution in [1.29, 1.82) is 0 Å². The predicted molar refractivity (Wildman–Crippen MR) is 108 cm³/mol. The molecule has 1 aromatic carbocycles. The average molecular weight is 368 g/mol. The van der Waals surface area contributed by atoms with Gasteiger partial charge in [-0.1, -0.05) is 32.0 Å². The molecule has 1 heterocycles. The van der Waals surface area contributed by atoms with E-state index in [0.29, 0.717) is 17.4 Å². The van der Waals surface area contributed by atoms with Gasteiger partial charge in [0, 0.05) is 25.0 Å². The van der Waals surface area contributed by atoms with Gasteiger partial charge in [0.15, 0.2) is 0 Å². The van der Waals surface area contributed by atoms with E-state index in [-0.39, 0.29) is 5.63 Å². The SMILES string of the molecule is CCN(CC)CCOC(=S)NC.CN.O=c1ccc2ccccc2o1. The van der Waals surface area contributed by atoms with Crippen molar-refractivity contribution < 1.29 is 9.15 Å². The number of nitrogens with two attached hydrogens (primary N) is 1. The summed E-state index contributed by atoms with van der Waals surface area (Å²) in [6.07, 6.45) is 0. The highest BCUT2D eigenvalue weighted by molar-refractivity contribution is 7.80. The lowest BCUT2D eigenvalue weighted by atomic mass is 10.2. The molecular formula is C18H29N3O3S. The van der Waals surface area contributed by atoms with Gasteiger partial charge in [0.05, 0.1) is 0 Å². The summed E-state index contributed by atoms with van der Waals surface area (Å²) in [5.74, 6) is 0. The van der Waals surface area contributed by atoms with Gasteiger partial charge in [-0.2, -0.15) is 0 Å². The van der Waals surface area contributed by atoms with Crippen molar-refractivity contribution in [2.24, 2.45) is 5.73 Å². The first-order valence-electron chi connectivity index (χ1n) is 8.24. The summed E-state index contributed by atoms with van der Waals surface area (Å²) in [6.45, 7) is 8.01. The highest BCUT2D eigenvalue weighted by Gasteiger charge is 1.99. The van der Waals surface area contributed by atoms with Gasteiger partial charge in [-0.25, -0.2) is 4.79 Å². The molecule has 3 N–H and O–H groups in total. The van der Waals surface area contributed by atoms with Crippen LogP contribution in [0.15, 0.2) is 45.6 Å². The molecule has 0 fully saturated rings. The molecular weight excluding hydrogens is 338 g/mol. The molecule has 1 aromatic heterocycles. The standard InChI is InChI=1S/C9H6O2.C8H18N2OS.CH5N/c10-9-6-5-7-3-1-2-4-8(7)11-9;1-4-10(5-2)6-7-11-8(12)9-3;1-2/h1-6H;4-7H2,1-3H3,(H,9,12);2H2,1H3. The maximum Gasteiger partial charge on any atom is 0.336 e. The molecule has 25 heavy (non-hydrogen) atoms. The van der Waals surface area contributed by atoms with Crippen molar-refractivity contribution in [3.8, 4) is 0 Å². The van der Waals surface area contributed by atoms with Gasteiger partial charge in [0.25, 0.3) is 5.17 Å². The minimum absolute atomic E-state index is 0.302. The summed E-state index contributed by atoms with van der Waals surface area (Å²) in [7, 11) is 3.26. The smallest absolute Gasteiger partial charge is 0.336 e. The topological polar surface area (TPSA) is 80.7 Å². The summed E-state index contributed by atoms with van der Waals surface area (Å²) in [5, 5.41) is 4.19. The summed E-state index contributed by atoms with van der Waals surface area (Å²) in [6, 6.07) is 10.6. The van der Waals surface area contributed by atoms with E-state index in [2.05, 4.69) is 29.8 Å². The average Bonchev–Trinajstić information content (AvgIpc) is 2.67. The minimum atomic E-state index is -0.302. The van der Waals surface area contributed by atoms with E-state index in [4.69, 9.17) is 21.4 Å². The lowest BCUT2D eigenvalue weighted by Gasteiger charge is -2.17. The fourth-order valence-corrected chi connectivity index (χ4v) is 1.97. The van der Waals surface area contributed by atoms with Crippen LogP contribution in [0.4, 0.5) is 0 Å². The number of nitrogens with one attached hydrogen (secondary N) is 1. The number of hydrogen-bond donors (Lipinski definition) is 2. The third-order valence-electron chi connectivity index (χ3n) is 3.27. The van der Waals surface area contributed by atoms with Crippen LogP contribution >= 0.6 is 12.2 Å². The Morgan fingerprint density at radius 1 is 1.20 bits per heavy atom. The third-order valence-corrected chi connectivity index (χ3v) is 3.59. The Kier molecular flexibility index (Phi) is 13.3. The first kappa shape index (κ1) is 23.0. The van der Waals surface area contributed by atoms with Crippen LogP contribution in [0.3, 0.4) is 0 Å². The number of likely N-dealkylation sites (N-methyl/N-ethyl adjacent to an activating group) is 1. The number of hydrogen-bond acceptors (Lipinski definition) is 6. The predicted octanol–water partition coefficient (Wildman–Crippen LogP) is 2.22. The van der Waals surface area contributed by atoms with Crippen LogP contribution in [0.5, 0.6) is 0 Å². The summed E-state index contributed by atoms with van der Waals surface area (Å²) < 4.78 is 10.1. The number of fused-ring (bicyclic) bond motifs is 1. The van der Waals surface area contributed by atoms with E-state index in [9.17, 15) is 4.79 Å². The second-order valence-corrected chi connectivity index (χ2v) is 5.08. The number of para-hydroxylation sites is 1. The Balaban J connectivity index is 0.000000419. The number of ether oxygens (including phenoxy) is 1. The highest BCUT2D eigenvalue weighted by Crippen LogP contribution is 2.08. The van der Waals surface area contributed by atoms with Gasteiger partial charge < -0.3 is 25.1 Å². The largest absolute Gasteiger partial charge is 0.470 e. The second-order valence-electron chi connectivity index (χ2n) is 4.71. The van der Waals surface area contributed by atoms with Crippen molar-refractivity contribution in [3.63, 3.8) is 0 Å². The molecule has 0 bridgehead atoms. The molecule has 0 aliphatic carbocycles. The molecule has 0 saturated heterocycles. The van der Waals surface area contributed by atoms with Crippen LogP contribution in [-0.4, -0.2) is 50.4 Å². The highest BCUT2D eigenvalue weighted by atomic mass is 32.1. The fourth-order valence-electron chi connectivity index (χ4n) is 1.89. The Labute approximate surface area is 154 Å². The zero-order valence-electron chi connectivity index (χ0n) is 15.5. The van der Waals surface area contributed by atoms with Gasteiger partial charge in [0.1, 0.15) is 12.2 Å². The van der Waals surface area contributed by atoms with Gasteiger partial charge in [-0.15, -0.1) is 0 Å². The molecule has 0 amide bonds. The first-order valence-corrected chi connectivity index (χ1v) is 8.65. The Bertz CT molecular complexity index is 657. The van der Waals surface area contributed by atoms with Crippen molar-refractivity contribution in [3.05, 3.63) is 46.8 Å². The van der Waals surface area contributed by atoms with Gasteiger partial charge in [-0.3, -0.25) is 0 Å². The minimum Gasteiger partial charge on any atom is -0.470 e. The van der Waals surface area contributed by atoms with E-state index in [0.717, 1.165) is 25.0 Å². The quantitative estimate of drug-likeness (QED) is 0.619. The maximum atomic E-state index is 10.7. The second kappa shape index (κ2) is 14.4. The number of benzene rings is 1. The number of rotatable bonds is 5. The van der Waals surface area contributed by atoms with Crippen molar-refractivity contribution in [1.82, 2.24) is 10.2 Å². The van der Waals surface area contributed by atoms with Crippen LogP contribution in [0.25, 0.3) is 11.0 Å². The van der Waals surface area contributed by atoms with Crippen molar-refractivity contribution >= 4 is 28.4 Å². The van der Waals surface area contributed by atoms with Gasteiger partial charge >= 0.3 is 5.63 Å². The maximum absolute atomic E-state index is 10.7. The molecule has 2 aromatic rings. The summed E-state index contributed by atoms with van der Waals surface area (Å²) >= 11 is 4.83. The van der Waals surface area contributed by atoms with E-state index < -0.39 is 0 Å². The number of nitrogens with zero attached hydrogens (tertiary/aromatic N) is 1. The molecule has 0 aliphatic heterocycles. The molecule has 0 saturated carbocycles. The zero-order chi connectivity index (χ0) is 19.1. The van der Waals surface area contributed by atoms with Crippen molar-refractivity contribution in [2.75, 3.05) is 40.3 Å². The zero-order valence-corrected chi connectivity index (χ0v) is 16.3. The van der Waals surface area contributed by atoms with Crippen molar-refractivity contribution in [2.45, 2.75) is 13.8 Å². The lowest BCUT2D eigenvalue weighted by Crippen LogP contribution is -2.29. The molecule has 6 nitrogen and oxygen atoms in total. The third kappa shape index (κ3) is 9.81. The Hall–Kier alpha value is -1.96. The van der Waals surface area contributed by atoms with Gasteiger partial charge in [-0.05, 0) is 44.5 Å². The molecule has 0 radical (unpaired) electrons. The molecule has 2 rings (SSSR count). The Morgan fingerprint density at radius 3 is 2.44 bits per heavy atom. The van der Waals surface area contributed by atoms with E-state index in [1.54, 1.807) is 19.2 Å². The van der Waals surface area contributed by atoms with Crippen LogP contribution in [0.2, 0.25) is 0 Å².